The highest BCUT2D eigenvalue weighted by atomic mass is 35.5. The summed E-state index contributed by atoms with van der Waals surface area (Å²) in [4.78, 5) is 12.1. The lowest BCUT2D eigenvalue weighted by Crippen LogP contribution is -2.37. The van der Waals surface area contributed by atoms with E-state index in [-0.39, 0.29) is 22.2 Å². The Morgan fingerprint density at radius 1 is 1.17 bits per heavy atom. The van der Waals surface area contributed by atoms with Crippen LogP contribution < -0.4 is 10.1 Å². The summed E-state index contributed by atoms with van der Waals surface area (Å²) < 4.78 is 70.3. The quantitative estimate of drug-likeness (QED) is 0.628. The number of carbonyl (C=O) groups excluding carboxylic acids is 1. The van der Waals surface area contributed by atoms with Gasteiger partial charge >= 0.3 is 6.18 Å². The van der Waals surface area contributed by atoms with Gasteiger partial charge in [0.15, 0.2) is 0 Å². The molecule has 0 aromatic heterocycles. The minimum Gasteiger partial charge on any atom is -0.492 e. The van der Waals surface area contributed by atoms with Gasteiger partial charge in [0.05, 0.1) is 28.6 Å². The number of benzene rings is 2. The number of ether oxygens (including phenoxy) is 1. The smallest absolute Gasteiger partial charge is 0.416 e. The third kappa shape index (κ3) is 5.87. The molecular weight excluding hydrogens is 445 g/mol. The Labute approximate surface area is 177 Å². The van der Waals surface area contributed by atoms with Crippen LogP contribution in [0, 0.1) is 0 Å². The number of amides is 1. The van der Waals surface area contributed by atoms with Gasteiger partial charge in [0.1, 0.15) is 5.75 Å². The molecule has 0 saturated heterocycles. The van der Waals surface area contributed by atoms with E-state index in [0.29, 0.717) is 12.4 Å². The number of carbonyl (C=O) groups is 1. The van der Waals surface area contributed by atoms with Crippen LogP contribution in [-0.2, 0) is 21.0 Å². The van der Waals surface area contributed by atoms with Crippen molar-refractivity contribution in [3.63, 3.8) is 0 Å². The van der Waals surface area contributed by atoms with E-state index in [4.69, 9.17) is 16.3 Å². The topological polar surface area (TPSA) is 75.7 Å². The van der Waals surface area contributed by atoms with Gasteiger partial charge in [-0.05, 0) is 43.3 Å². The lowest BCUT2D eigenvalue weighted by atomic mass is 10.2. The van der Waals surface area contributed by atoms with Crippen LogP contribution in [0.4, 0.5) is 18.9 Å². The molecule has 6 nitrogen and oxygen atoms in total. The van der Waals surface area contributed by atoms with Crippen molar-refractivity contribution in [2.75, 3.05) is 25.0 Å². The van der Waals surface area contributed by atoms with E-state index in [1.807, 2.05) is 0 Å². The Morgan fingerprint density at radius 3 is 2.43 bits per heavy atom. The Hall–Kier alpha value is -2.30. The van der Waals surface area contributed by atoms with Gasteiger partial charge in [-0.15, -0.1) is 0 Å². The van der Waals surface area contributed by atoms with Crippen molar-refractivity contribution in [3.05, 3.63) is 53.1 Å². The normalized spacial score (nSPS) is 12.1. The highest BCUT2D eigenvalue weighted by molar-refractivity contribution is 7.89. The third-order valence-corrected chi connectivity index (χ3v) is 6.20. The van der Waals surface area contributed by atoms with Crippen LogP contribution in [-0.4, -0.2) is 38.3 Å². The molecule has 2 aromatic carbocycles. The molecule has 11 heteroatoms. The number of hydrogen-bond acceptors (Lipinski definition) is 4. The first-order valence-electron chi connectivity index (χ1n) is 8.88. The van der Waals surface area contributed by atoms with E-state index in [9.17, 15) is 26.4 Å². The van der Waals surface area contributed by atoms with E-state index in [1.54, 1.807) is 6.92 Å². The van der Waals surface area contributed by atoms with Crippen molar-refractivity contribution in [3.8, 4) is 5.75 Å². The Balaban J connectivity index is 2.18. The second-order valence-electron chi connectivity index (χ2n) is 6.08. The zero-order valence-corrected chi connectivity index (χ0v) is 17.7. The van der Waals surface area contributed by atoms with Crippen LogP contribution in [0.5, 0.6) is 5.75 Å². The molecule has 0 radical (unpaired) electrons. The minimum atomic E-state index is -4.56. The van der Waals surface area contributed by atoms with Crippen LogP contribution >= 0.6 is 11.6 Å². The van der Waals surface area contributed by atoms with E-state index < -0.39 is 34.2 Å². The van der Waals surface area contributed by atoms with Gasteiger partial charge in [-0.2, -0.15) is 17.5 Å². The van der Waals surface area contributed by atoms with Crippen LogP contribution in [0.1, 0.15) is 19.4 Å². The molecule has 0 aliphatic carbocycles. The molecule has 0 heterocycles. The molecule has 0 atom stereocenters. The van der Waals surface area contributed by atoms with Crippen molar-refractivity contribution < 1.29 is 31.1 Å². The molecule has 0 aliphatic rings. The van der Waals surface area contributed by atoms with Crippen molar-refractivity contribution in [2.45, 2.75) is 24.9 Å². The van der Waals surface area contributed by atoms with Gasteiger partial charge in [-0.1, -0.05) is 24.6 Å². The maximum atomic E-state index is 12.9. The van der Waals surface area contributed by atoms with Crippen molar-refractivity contribution in [2.24, 2.45) is 0 Å². The molecule has 2 rings (SSSR count). The van der Waals surface area contributed by atoms with E-state index in [1.165, 1.54) is 31.2 Å². The number of anilines is 1. The summed E-state index contributed by atoms with van der Waals surface area (Å²) in [5, 5.41) is 2.39. The standard InChI is InChI=1S/C19H20ClF3N2O4S/c1-3-25(30(27,28)15-8-9-17(29-4-2)16(20)11-15)12-18(26)24-14-7-5-6-13(10-14)19(21,22)23/h5-11H,3-4,12H2,1-2H3,(H,24,26). The van der Waals surface area contributed by atoms with Crippen LogP contribution in [0.3, 0.4) is 0 Å². The fourth-order valence-electron chi connectivity index (χ4n) is 2.56. The first kappa shape index (κ1) is 24.0. The summed E-state index contributed by atoms with van der Waals surface area (Å²) in [5.41, 5.74) is -1.02. The molecule has 1 amide bonds. The average molecular weight is 465 g/mol. The van der Waals surface area contributed by atoms with E-state index >= 15 is 0 Å². The summed E-state index contributed by atoms with van der Waals surface area (Å²) in [6.07, 6.45) is -4.56. The number of sulfonamides is 1. The van der Waals surface area contributed by atoms with Gasteiger partial charge < -0.3 is 10.1 Å². The number of alkyl halides is 3. The van der Waals surface area contributed by atoms with Crippen LogP contribution in [0.15, 0.2) is 47.4 Å². The Morgan fingerprint density at radius 2 is 1.87 bits per heavy atom. The van der Waals surface area contributed by atoms with Crippen LogP contribution in [0.25, 0.3) is 0 Å². The molecule has 2 aromatic rings. The highest BCUT2D eigenvalue weighted by Gasteiger charge is 2.31. The summed E-state index contributed by atoms with van der Waals surface area (Å²) in [6, 6.07) is 8.01. The number of rotatable bonds is 8. The second kappa shape index (κ2) is 9.67. The first-order valence-corrected chi connectivity index (χ1v) is 10.7. The van der Waals surface area contributed by atoms with Gasteiger partial charge in [0.25, 0.3) is 0 Å². The fourth-order valence-corrected chi connectivity index (χ4v) is 4.30. The monoisotopic (exact) mass is 464 g/mol. The first-order chi connectivity index (χ1) is 14.0. The predicted molar refractivity (Wildman–Crippen MR) is 107 cm³/mol. The summed E-state index contributed by atoms with van der Waals surface area (Å²) in [6.45, 7) is 3.01. The van der Waals surface area contributed by atoms with Crippen LogP contribution in [0.2, 0.25) is 5.02 Å². The average Bonchev–Trinajstić information content (AvgIpc) is 2.67. The summed E-state index contributed by atoms with van der Waals surface area (Å²) >= 11 is 6.05. The molecule has 0 spiro atoms. The van der Waals surface area contributed by atoms with Crippen molar-refractivity contribution >= 4 is 33.2 Å². The molecule has 0 aliphatic heterocycles. The largest absolute Gasteiger partial charge is 0.492 e. The maximum absolute atomic E-state index is 12.9. The lowest BCUT2D eigenvalue weighted by molar-refractivity contribution is -0.137. The lowest BCUT2D eigenvalue weighted by Gasteiger charge is -2.20. The number of nitrogens with one attached hydrogen (secondary N) is 1. The highest BCUT2D eigenvalue weighted by Crippen LogP contribution is 2.31. The van der Waals surface area contributed by atoms with Gasteiger partial charge in [-0.3, -0.25) is 4.79 Å². The molecular formula is C19H20ClF3N2O4S. The van der Waals surface area contributed by atoms with E-state index in [0.717, 1.165) is 22.5 Å². The van der Waals surface area contributed by atoms with Crippen molar-refractivity contribution in [1.82, 2.24) is 4.31 Å². The Bertz CT molecular complexity index is 1010. The van der Waals surface area contributed by atoms with E-state index in [2.05, 4.69) is 5.32 Å². The molecule has 0 bridgehead atoms. The molecule has 0 saturated carbocycles. The zero-order chi connectivity index (χ0) is 22.5. The maximum Gasteiger partial charge on any atom is 0.416 e. The SMILES string of the molecule is CCOc1ccc(S(=O)(=O)N(CC)CC(=O)Nc2cccc(C(F)(F)F)c2)cc1Cl. The van der Waals surface area contributed by atoms with Crippen molar-refractivity contribution in [1.29, 1.82) is 0 Å². The van der Waals surface area contributed by atoms with Gasteiger partial charge in [0, 0.05) is 12.2 Å². The minimum absolute atomic E-state index is 0.0385. The predicted octanol–water partition coefficient (Wildman–Crippen LogP) is 4.41. The number of hydrogen-bond donors (Lipinski definition) is 1. The number of nitrogens with zero attached hydrogens (tertiary/aromatic N) is 1. The molecule has 0 fully saturated rings. The van der Waals surface area contributed by atoms with Gasteiger partial charge in [0.2, 0.25) is 15.9 Å². The number of likely N-dealkylation sites (N-methyl/N-ethyl adjacent to an activating group) is 1. The third-order valence-electron chi connectivity index (χ3n) is 3.99. The Kier molecular flexibility index (Phi) is 7.73. The molecule has 164 valence electrons. The molecule has 1 N–H and O–H groups in total. The fraction of sp³-hybridized carbons (Fsp3) is 0.316. The second-order valence-corrected chi connectivity index (χ2v) is 8.43. The number of halogens is 4. The summed E-state index contributed by atoms with van der Waals surface area (Å²) in [7, 11) is -4.07. The molecule has 30 heavy (non-hydrogen) atoms. The van der Waals surface area contributed by atoms with Gasteiger partial charge in [-0.25, -0.2) is 8.42 Å². The molecule has 0 unspecified atom stereocenters. The zero-order valence-electron chi connectivity index (χ0n) is 16.2. The summed E-state index contributed by atoms with van der Waals surface area (Å²) in [5.74, 6) is -0.458.